The third-order valence-corrected chi connectivity index (χ3v) is 1.38. The van der Waals surface area contributed by atoms with Gasteiger partial charge in [-0.25, -0.2) is 9.59 Å². The molecule has 0 atom stereocenters. The van der Waals surface area contributed by atoms with Crippen LogP contribution in [0, 0.1) is 49.4 Å². The van der Waals surface area contributed by atoms with Crippen molar-refractivity contribution in [2.75, 3.05) is 0 Å². The second-order valence-electron chi connectivity index (χ2n) is 2.19. The van der Waals surface area contributed by atoms with Gasteiger partial charge < -0.3 is 10.2 Å². The van der Waals surface area contributed by atoms with Crippen molar-refractivity contribution < 1.29 is 128 Å². The molecule has 0 fully saturated rings. The number of hydrogen-bond donors (Lipinski definition) is 2. The molecule has 0 aliphatic rings. The van der Waals surface area contributed by atoms with E-state index in [1.807, 2.05) is 0 Å². The van der Waals surface area contributed by atoms with E-state index in [2.05, 4.69) is 0 Å². The largest absolute Gasteiger partial charge is 0.478 e. The van der Waals surface area contributed by atoms with E-state index in [1.54, 1.807) is 0 Å². The summed E-state index contributed by atoms with van der Waals surface area (Å²) in [6.07, 6.45) is 0. The molecule has 0 amide bonds. The number of aromatic carboxylic acids is 2. The van der Waals surface area contributed by atoms with Crippen LogP contribution in [0.4, 0.5) is 0 Å². The first kappa shape index (κ1) is 22.0. The fourth-order valence-electron chi connectivity index (χ4n) is 0.755. The Bertz CT molecular complexity index is 295. The SMILES string of the molecule is O=C(O)c1ccc(C(=O)O)cc1.[Eu].[Y].[Zr]. The van der Waals surface area contributed by atoms with Gasteiger partial charge in [0.25, 0.3) is 0 Å². The molecule has 0 saturated heterocycles. The first-order valence-electron chi connectivity index (χ1n) is 3.18. The predicted octanol–water partition coefficient (Wildman–Crippen LogP) is 1.08. The molecule has 0 bridgehead atoms. The molecule has 0 spiro atoms. The molecule has 0 saturated carbocycles. The number of hydrogen-bond acceptors (Lipinski definition) is 2. The monoisotopic (exact) mass is 498 g/mol. The van der Waals surface area contributed by atoms with Crippen LogP contribution in [0.15, 0.2) is 24.3 Å². The predicted molar refractivity (Wildman–Crippen MR) is 40.4 cm³/mol. The molecule has 76 valence electrons. The van der Waals surface area contributed by atoms with Crippen molar-refractivity contribution >= 4 is 11.9 Å². The van der Waals surface area contributed by atoms with Crippen molar-refractivity contribution in [3.05, 3.63) is 35.4 Å². The van der Waals surface area contributed by atoms with E-state index >= 15 is 0 Å². The normalized spacial score (nSPS) is 7.47. The smallest absolute Gasteiger partial charge is 0.335 e. The average Bonchev–Trinajstić information content (AvgIpc) is 2.04. The van der Waals surface area contributed by atoms with E-state index in [-0.39, 0.29) is 119 Å². The van der Waals surface area contributed by atoms with Gasteiger partial charge >= 0.3 is 11.9 Å². The Morgan fingerprint density at radius 3 is 1.20 bits per heavy atom. The summed E-state index contributed by atoms with van der Waals surface area (Å²) in [5.74, 6) is -2.13. The maximum absolute atomic E-state index is 10.3. The molecule has 1 aromatic carbocycles. The van der Waals surface area contributed by atoms with Gasteiger partial charge in [-0.2, -0.15) is 0 Å². The zero-order valence-corrected chi connectivity index (χ0v) is 15.2. The maximum atomic E-state index is 10.3. The quantitative estimate of drug-likeness (QED) is 0.641. The minimum absolute atomic E-state index is 0. The Kier molecular flexibility index (Phi) is 15.9. The van der Waals surface area contributed by atoms with Crippen LogP contribution in [0.2, 0.25) is 0 Å². The van der Waals surface area contributed by atoms with Crippen molar-refractivity contribution in [3.63, 3.8) is 0 Å². The van der Waals surface area contributed by atoms with E-state index in [4.69, 9.17) is 10.2 Å². The molecular weight excluding hydrogens is 492 g/mol. The van der Waals surface area contributed by atoms with Crippen molar-refractivity contribution in [1.82, 2.24) is 0 Å². The fourth-order valence-corrected chi connectivity index (χ4v) is 0.755. The van der Waals surface area contributed by atoms with Gasteiger partial charge in [0.15, 0.2) is 0 Å². The summed E-state index contributed by atoms with van der Waals surface area (Å²) < 4.78 is 0. The van der Waals surface area contributed by atoms with Crippen molar-refractivity contribution in [2.24, 2.45) is 0 Å². The van der Waals surface area contributed by atoms with E-state index in [9.17, 15) is 9.59 Å². The molecule has 15 heavy (non-hydrogen) atoms. The second-order valence-corrected chi connectivity index (χ2v) is 2.19. The van der Waals surface area contributed by atoms with E-state index < -0.39 is 11.9 Å². The Morgan fingerprint density at radius 1 is 0.867 bits per heavy atom. The summed E-state index contributed by atoms with van der Waals surface area (Å²) in [7, 11) is 0. The third-order valence-electron chi connectivity index (χ3n) is 1.38. The molecule has 1 rings (SSSR count). The molecule has 7 heteroatoms. The number of carbonyl (C=O) groups is 2. The molecule has 2 N–H and O–H groups in total. The molecule has 0 aromatic heterocycles. The topological polar surface area (TPSA) is 74.6 Å². The Morgan fingerprint density at radius 2 is 1.07 bits per heavy atom. The number of carboxylic acid groups (broad SMARTS) is 2. The molecule has 0 heterocycles. The minimum Gasteiger partial charge on any atom is -0.478 e. The maximum Gasteiger partial charge on any atom is 0.335 e. The zero-order valence-electron chi connectivity index (χ0n) is 7.48. The van der Waals surface area contributed by atoms with Crippen LogP contribution in [-0.4, -0.2) is 22.2 Å². The van der Waals surface area contributed by atoms with Crippen molar-refractivity contribution in [3.8, 4) is 0 Å². The number of rotatable bonds is 2. The van der Waals surface area contributed by atoms with Gasteiger partial charge in [0, 0.05) is 108 Å². The summed E-state index contributed by atoms with van der Waals surface area (Å²) in [5.41, 5.74) is 0.167. The van der Waals surface area contributed by atoms with E-state index in [0.717, 1.165) is 0 Å². The summed E-state index contributed by atoms with van der Waals surface area (Å²) in [5, 5.41) is 16.9. The average molecular weight is 498 g/mol. The molecule has 1 aromatic rings. The van der Waals surface area contributed by atoms with Gasteiger partial charge in [0.2, 0.25) is 0 Å². The zero-order chi connectivity index (χ0) is 9.14. The Hall–Kier alpha value is 1.73. The minimum atomic E-state index is -1.06. The van der Waals surface area contributed by atoms with E-state index in [1.165, 1.54) is 24.3 Å². The van der Waals surface area contributed by atoms with Crippen LogP contribution in [0.25, 0.3) is 0 Å². The first-order valence-corrected chi connectivity index (χ1v) is 3.18. The standard InChI is InChI=1S/C8H6O4.Eu.Y.Zr/c9-7(10)5-1-2-6(4-3-5)8(11)12;;;/h1-4H,(H,9,10)(H,11,12);;;. The first-order chi connectivity index (χ1) is 5.61. The van der Waals surface area contributed by atoms with Crippen molar-refractivity contribution in [2.45, 2.75) is 0 Å². The van der Waals surface area contributed by atoms with Crippen LogP contribution >= 0.6 is 0 Å². The molecule has 2 radical (unpaired) electrons. The number of carboxylic acids is 2. The Labute approximate surface area is 172 Å². The van der Waals surface area contributed by atoms with Crippen LogP contribution in [0.5, 0.6) is 0 Å². The van der Waals surface area contributed by atoms with Gasteiger partial charge in [0.1, 0.15) is 0 Å². The molecule has 0 aliphatic carbocycles. The number of benzene rings is 1. The van der Waals surface area contributed by atoms with Gasteiger partial charge in [0.05, 0.1) is 11.1 Å². The van der Waals surface area contributed by atoms with Crippen LogP contribution in [0.1, 0.15) is 20.7 Å². The fraction of sp³-hybridized carbons (Fsp3) is 0. The second kappa shape index (κ2) is 10.9. The summed E-state index contributed by atoms with van der Waals surface area (Å²) in [6, 6.07) is 5.02. The van der Waals surface area contributed by atoms with Crippen LogP contribution < -0.4 is 0 Å². The Balaban J connectivity index is -0.000000480. The molecule has 0 aliphatic heterocycles. The molecular formula is C8H6EuO4YZr. The van der Waals surface area contributed by atoms with E-state index in [0.29, 0.717) is 0 Å². The van der Waals surface area contributed by atoms with Crippen molar-refractivity contribution in [1.29, 1.82) is 0 Å². The summed E-state index contributed by atoms with van der Waals surface area (Å²) in [6.45, 7) is 0. The van der Waals surface area contributed by atoms with Gasteiger partial charge in [-0.3, -0.25) is 0 Å². The van der Waals surface area contributed by atoms with Gasteiger partial charge in [-0.15, -0.1) is 0 Å². The van der Waals surface area contributed by atoms with Gasteiger partial charge in [-0.05, 0) is 24.3 Å². The summed E-state index contributed by atoms with van der Waals surface area (Å²) in [4.78, 5) is 20.7. The van der Waals surface area contributed by atoms with Crippen LogP contribution in [0.3, 0.4) is 0 Å². The molecule has 4 nitrogen and oxygen atoms in total. The summed E-state index contributed by atoms with van der Waals surface area (Å²) >= 11 is 0. The van der Waals surface area contributed by atoms with Gasteiger partial charge in [-0.1, -0.05) is 0 Å². The van der Waals surface area contributed by atoms with Crippen LogP contribution in [-0.2, 0) is 58.9 Å². The third kappa shape index (κ3) is 7.62. The molecule has 0 unspecified atom stereocenters.